The number of anilines is 2. The van der Waals surface area contributed by atoms with E-state index in [1.807, 2.05) is 37.3 Å². The van der Waals surface area contributed by atoms with Crippen molar-refractivity contribution in [2.75, 3.05) is 5.32 Å². The van der Waals surface area contributed by atoms with Gasteiger partial charge in [0, 0.05) is 17.4 Å². The molecule has 2 aromatic carbocycles. The van der Waals surface area contributed by atoms with Gasteiger partial charge in [-0.2, -0.15) is 4.98 Å². The van der Waals surface area contributed by atoms with Crippen LogP contribution in [0, 0.1) is 19.7 Å². The normalized spacial score (nSPS) is 11.1. The van der Waals surface area contributed by atoms with E-state index in [1.165, 1.54) is 15.1 Å². The predicted octanol–water partition coefficient (Wildman–Crippen LogP) is 3.44. The number of nitrogens with one attached hydrogen (secondary N) is 1. The van der Waals surface area contributed by atoms with E-state index in [9.17, 15) is 9.18 Å². The number of benzene rings is 2. The van der Waals surface area contributed by atoms with Gasteiger partial charge in [-0.3, -0.25) is 0 Å². The van der Waals surface area contributed by atoms with Crippen molar-refractivity contribution >= 4 is 17.3 Å². The van der Waals surface area contributed by atoms with Crippen molar-refractivity contribution in [2.45, 2.75) is 20.4 Å². The average Bonchev–Trinajstić information content (AvgIpc) is 2.95. The Labute approximate surface area is 154 Å². The number of halogens is 1. The summed E-state index contributed by atoms with van der Waals surface area (Å²) < 4.78 is 16.6. The standard InChI is InChI=1S/C20H18FN5O/c1-13-8-9-16(11-17(13)21)22-18-10-14(2)26-19(23-18)24-25(20(26)27)12-15-6-4-3-5-7-15/h3-11H,12H2,1-2H3,(H,22,23,24). The van der Waals surface area contributed by atoms with Crippen LogP contribution < -0.4 is 11.0 Å². The highest BCUT2D eigenvalue weighted by atomic mass is 19.1. The molecule has 7 heteroatoms. The van der Waals surface area contributed by atoms with E-state index in [0.29, 0.717) is 35.1 Å². The summed E-state index contributed by atoms with van der Waals surface area (Å²) in [5, 5.41) is 7.41. The predicted molar refractivity (Wildman–Crippen MR) is 102 cm³/mol. The first-order chi connectivity index (χ1) is 13.0. The highest BCUT2D eigenvalue weighted by molar-refractivity contribution is 5.58. The van der Waals surface area contributed by atoms with E-state index < -0.39 is 0 Å². The number of fused-ring (bicyclic) bond motifs is 1. The van der Waals surface area contributed by atoms with E-state index in [4.69, 9.17) is 0 Å². The number of aryl methyl sites for hydroxylation is 2. The van der Waals surface area contributed by atoms with Crippen LogP contribution in [-0.4, -0.2) is 19.2 Å². The fraction of sp³-hybridized carbons (Fsp3) is 0.150. The minimum absolute atomic E-state index is 0.244. The van der Waals surface area contributed by atoms with Gasteiger partial charge in [-0.1, -0.05) is 36.4 Å². The van der Waals surface area contributed by atoms with Crippen molar-refractivity contribution in [3.8, 4) is 0 Å². The Hall–Kier alpha value is -3.48. The van der Waals surface area contributed by atoms with Crippen molar-refractivity contribution < 1.29 is 4.39 Å². The molecule has 2 heterocycles. The van der Waals surface area contributed by atoms with Gasteiger partial charge >= 0.3 is 5.69 Å². The lowest BCUT2D eigenvalue weighted by atomic mass is 10.2. The number of aromatic nitrogens is 4. The Kier molecular flexibility index (Phi) is 4.19. The fourth-order valence-corrected chi connectivity index (χ4v) is 2.92. The van der Waals surface area contributed by atoms with Gasteiger partial charge in [-0.05, 0) is 37.1 Å². The maximum atomic E-state index is 13.8. The monoisotopic (exact) mass is 363 g/mol. The summed E-state index contributed by atoms with van der Waals surface area (Å²) in [6.45, 7) is 3.89. The second kappa shape index (κ2) is 6.68. The highest BCUT2D eigenvalue weighted by Gasteiger charge is 2.12. The first kappa shape index (κ1) is 17.0. The number of hydrogen-bond acceptors (Lipinski definition) is 4. The van der Waals surface area contributed by atoms with Crippen molar-refractivity contribution in [3.63, 3.8) is 0 Å². The molecule has 27 heavy (non-hydrogen) atoms. The molecule has 0 fully saturated rings. The summed E-state index contributed by atoms with van der Waals surface area (Å²) in [6.07, 6.45) is 0. The highest BCUT2D eigenvalue weighted by Crippen LogP contribution is 2.19. The Morgan fingerprint density at radius 3 is 2.59 bits per heavy atom. The SMILES string of the molecule is Cc1ccc(Nc2cc(C)n3c(=O)n(Cc4ccccc4)nc3n2)cc1F. The van der Waals surface area contributed by atoms with Gasteiger partial charge in [0.25, 0.3) is 5.78 Å². The van der Waals surface area contributed by atoms with Crippen LogP contribution >= 0.6 is 0 Å². The first-order valence-corrected chi connectivity index (χ1v) is 8.55. The Bertz CT molecular complexity index is 1180. The molecule has 0 aliphatic rings. The van der Waals surface area contributed by atoms with Crippen LogP contribution in [0.1, 0.15) is 16.8 Å². The summed E-state index contributed by atoms with van der Waals surface area (Å²) >= 11 is 0. The van der Waals surface area contributed by atoms with E-state index in [1.54, 1.807) is 25.1 Å². The van der Waals surface area contributed by atoms with Crippen LogP contribution in [-0.2, 0) is 6.54 Å². The molecular weight excluding hydrogens is 345 g/mol. The van der Waals surface area contributed by atoms with Crippen LogP contribution in [0.4, 0.5) is 15.9 Å². The maximum absolute atomic E-state index is 13.8. The van der Waals surface area contributed by atoms with Crippen molar-refractivity contribution in [1.82, 2.24) is 19.2 Å². The molecule has 0 saturated heterocycles. The first-order valence-electron chi connectivity index (χ1n) is 8.55. The van der Waals surface area contributed by atoms with Gasteiger partial charge in [0.05, 0.1) is 6.54 Å². The molecule has 0 atom stereocenters. The molecule has 0 spiro atoms. The van der Waals surface area contributed by atoms with Gasteiger partial charge in [0.15, 0.2) is 0 Å². The quantitative estimate of drug-likeness (QED) is 0.603. The van der Waals surface area contributed by atoms with Gasteiger partial charge < -0.3 is 5.32 Å². The van der Waals surface area contributed by atoms with Gasteiger partial charge in [0.1, 0.15) is 11.6 Å². The topological polar surface area (TPSA) is 64.2 Å². The van der Waals surface area contributed by atoms with Crippen molar-refractivity contribution in [3.05, 3.63) is 87.7 Å². The van der Waals surface area contributed by atoms with Crippen LogP contribution in [0.2, 0.25) is 0 Å². The molecular formula is C20H18FN5O. The summed E-state index contributed by atoms with van der Waals surface area (Å²) in [5.74, 6) is 0.507. The largest absolute Gasteiger partial charge is 0.352 e. The van der Waals surface area contributed by atoms with Crippen LogP contribution in [0.15, 0.2) is 59.4 Å². The van der Waals surface area contributed by atoms with E-state index in [2.05, 4.69) is 15.4 Å². The van der Waals surface area contributed by atoms with Gasteiger partial charge in [-0.25, -0.2) is 18.3 Å². The molecule has 0 amide bonds. The Morgan fingerprint density at radius 2 is 1.85 bits per heavy atom. The zero-order valence-electron chi connectivity index (χ0n) is 15.0. The summed E-state index contributed by atoms with van der Waals surface area (Å²) in [5.41, 5.74) is 2.59. The second-order valence-corrected chi connectivity index (χ2v) is 6.43. The zero-order chi connectivity index (χ0) is 19.0. The third kappa shape index (κ3) is 3.31. The van der Waals surface area contributed by atoms with Crippen molar-refractivity contribution in [2.24, 2.45) is 0 Å². The summed E-state index contributed by atoms with van der Waals surface area (Å²) in [4.78, 5) is 17.1. The number of hydrogen-bond donors (Lipinski definition) is 1. The van der Waals surface area contributed by atoms with Gasteiger partial charge in [-0.15, -0.1) is 5.10 Å². The smallest absolute Gasteiger partial charge is 0.340 e. The van der Waals surface area contributed by atoms with E-state index >= 15 is 0 Å². The fourth-order valence-electron chi connectivity index (χ4n) is 2.92. The van der Waals surface area contributed by atoms with E-state index in [0.717, 1.165) is 5.56 Å². The molecule has 0 aliphatic carbocycles. The lowest BCUT2D eigenvalue weighted by Gasteiger charge is -2.08. The van der Waals surface area contributed by atoms with Gasteiger partial charge in [0.2, 0.25) is 0 Å². The molecule has 1 N–H and O–H groups in total. The van der Waals surface area contributed by atoms with Crippen LogP contribution in [0.25, 0.3) is 5.78 Å². The zero-order valence-corrected chi connectivity index (χ0v) is 15.0. The van der Waals surface area contributed by atoms with Crippen LogP contribution in [0.5, 0.6) is 0 Å². The minimum atomic E-state index is -0.291. The number of rotatable bonds is 4. The average molecular weight is 363 g/mol. The van der Waals surface area contributed by atoms with Crippen molar-refractivity contribution in [1.29, 1.82) is 0 Å². The summed E-state index contributed by atoms with van der Waals surface area (Å²) in [6, 6.07) is 16.3. The molecule has 6 nitrogen and oxygen atoms in total. The summed E-state index contributed by atoms with van der Waals surface area (Å²) in [7, 11) is 0. The van der Waals surface area contributed by atoms with E-state index in [-0.39, 0.29) is 11.5 Å². The third-order valence-corrected chi connectivity index (χ3v) is 4.36. The number of nitrogens with zero attached hydrogens (tertiary/aromatic N) is 4. The molecule has 4 aromatic rings. The third-order valence-electron chi connectivity index (χ3n) is 4.36. The molecule has 136 valence electrons. The maximum Gasteiger partial charge on any atom is 0.352 e. The van der Waals surface area contributed by atoms with Crippen LogP contribution in [0.3, 0.4) is 0 Å². The lowest BCUT2D eigenvalue weighted by Crippen LogP contribution is -2.22. The minimum Gasteiger partial charge on any atom is -0.340 e. The molecule has 2 aromatic heterocycles. The molecule has 0 unspecified atom stereocenters. The molecule has 0 bridgehead atoms. The molecule has 0 saturated carbocycles. The molecule has 4 rings (SSSR count). The Morgan fingerprint density at radius 1 is 1.07 bits per heavy atom. The Balaban J connectivity index is 1.70. The molecule has 0 aliphatic heterocycles. The molecule has 0 radical (unpaired) electrons. The lowest BCUT2D eigenvalue weighted by molar-refractivity contribution is 0.619. The second-order valence-electron chi connectivity index (χ2n) is 6.43.